The summed E-state index contributed by atoms with van der Waals surface area (Å²) in [5, 5.41) is 3.36. The van der Waals surface area contributed by atoms with Crippen LogP contribution in [-0.4, -0.2) is 56.8 Å². The van der Waals surface area contributed by atoms with Crippen LogP contribution >= 0.6 is 24.0 Å². The first-order valence-corrected chi connectivity index (χ1v) is 13.4. The van der Waals surface area contributed by atoms with Crippen molar-refractivity contribution in [1.29, 1.82) is 0 Å². The SMILES string of the molecule is COc1cc(N)c(Cl)cc1C(=O)NC1CCN(CCCC(c2ccc(F)cc2)c2ccc(F)cc2)CC1OC.Cl. The van der Waals surface area contributed by atoms with Crippen molar-refractivity contribution in [2.24, 2.45) is 0 Å². The van der Waals surface area contributed by atoms with Gasteiger partial charge < -0.3 is 25.4 Å². The van der Waals surface area contributed by atoms with Gasteiger partial charge in [0, 0.05) is 32.2 Å². The van der Waals surface area contributed by atoms with Crippen molar-refractivity contribution in [2.45, 2.75) is 37.3 Å². The van der Waals surface area contributed by atoms with E-state index in [0.29, 0.717) is 35.0 Å². The molecule has 1 amide bonds. The van der Waals surface area contributed by atoms with Gasteiger partial charge in [-0.2, -0.15) is 0 Å². The molecule has 1 saturated heterocycles. The average molecular weight is 595 g/mol. The van der Waals surface area contributed by atoms with Crippen LogP contribution in [0.1, 0.15) is 46.7 Å². The maximum atomic E-state index is 13.5. The van der Waals surface area contributed by atoms with E-state index < -0.39 is 0 Å². The number of carbonyl (C=O) groups is 1. The Bertz CT molecular complexity index is 1220. The highest BCUT2D eigenvalue weighted by molar-refractivity contribution is 6.33. The Hall–Kier alpha value is -2.91. The zero-order chi connectivity index (χ0) is 27.9. The smallest absolute Gasteiger partial charge is 0.255 e. The molecule has 10 heteroatoms. The van der Waals surface area contributed by atoms with Crippen molar-refractivity contribution in [3.8, 4) is 5.75 Å². The number of hydrogen-bond acceptors (Lipinski definition) is 5. The molecule has 0 aliphatic carbocycles. The van der Waals surface area contributed by atoms with Gasteiger partial charge in [0.25, 0.3) is 5.91 Å². The van der Waals surface area contributed by atoms with Gasteiger partial charge in [0.05, 0.1) is 35.5 Å². The first kappa shape index (κ1) is 31.6. The van der Waals surface area contributed by atoms with Crippen molar-refractivity contribution in [1.82, 2.24) is 10.2 Å². The fraction of sp³-hybridized carbons (Fsp3) is 0.367. The lowest BCUT2D eigenvalue weighted by Gasteiger charge is -2.38. The van der Waals surface area contributed by atoms with Crippen LogP contribution < -0.4 is 15.8 Å². The fourth-order valence-electron chi connectivity index (χ4n) is 5.18. The lowest BCUT2D eigenvalue weighted by Crippen LogP contribution is -2.54. The number of halogens is 4. The summed E-state index contributed by atoms with van der Waals surface area (Å²) in [5.74, 6) is -0.471. The molecule has 0 radical (unpaired) electrons. The van der Waals surface area contributed by atoms with Crippen LogP contribution in [0.3, 0.4) is 0 Å². The van der Waals surface area contributed by atoms with Crippen LogP contribution in [-0.2, 0) is 4.74 Å². The molecule has 2 atom stereocenters. The quantitative estimate of drug-likeness (QED) is 0.279. The minimum atomic E-state index is -0.296. The molecular formula is C30H35Cl2F2N3O3. The summed E-state index contributed by atoms with van der Waals surface area (Å²) in [7, 11) is 3.12. The highest BCUT2D eigenvalue weighted by Gasteiger charge is 2.31. The van der Waals surface area contributed by atoms with Crippen LogP contribution in [0.5, 0.6) is 5.75 Å². The molecule has 1 heterocycles. The molecule has 0 aromatic heterocycles. The number of ether oxygens (including phenoxy) is 2. The van der Waals surface area contributed by atoms with Gasteiger partial charge in [0.2, 0.25) is 0 Å². The van der Waals surface area contributed by atoms with E-state index in [-0.39, 0.29) is 48.0 Å². The Balaban J connectivity index is 0.00000441. The Morgan fingerprint density at radius 3 is 2.23 bits per heavy atom. The first-order chi connectivity index (χ1) is 18.8. The molecule has 0 saturated carbocycles. The number of nitrogens with one attached hydrogen (secondary N) is 1. The maximum Gasteiger partial charge on any atom is 0.255 e. The predicted octanol–water partition coefficient (Wildman–Crippen LogP) is 6.06. The largest absolute Gasteiger partial charge is 0.496 e. The number of methoxy groups -OCH3 is 2. The molecule has 4 rings (SSSR count). The van der Waals surface area contributed by atoms with Gasteiger partial charge in [-0.25, -0.2) is 8.78 Å². The lowest BCUT2D eigenvalue weighted by atomic mass is 9.87. The third-order valence-electron chi connectivity index (χ3n) is 7.34. The van der Waals surface area contributed by atoms with Gasteiger partial charge in [-0.15, -0.1) is 12.4 Å². The van der Waals surface area contributed by atoms with Crippen molar-refractivity contribution in [3.63, 3.8) is 0 Å². The standard InChI is InChI=1S/C30H34ClF2N3O3.ClH/c1-38-28-17-26(34)25(31)16-24(28)30(37)35-27-13-15-36(18-29(27)39-2)14-3-4-23(19-5-9-21(32)10-6-19)20-7-11-22(33)12-8-20;/h5-12,16-17,23,27,29H,3-4,13-15,18,34H2,1-2H3,(H,35,37);1H. The van der Waals surface area contributed by atoms with Crippen molar-refractivity contribution < 1.29 is 23.0 Å². The molecule has 0 bridgehead atoms. The topological polar surface area (TPSA) is 76.8 Å². The van der Waals surface area contributed by atoms with E-state index >= 15 is 0 Å². The molecular weight excluding hydrogens is 559 g/mol. The molecule has 2 unspecified atom stereocenters. The summed E-state index contributed by atoms with van der Waals surface area (Å²) in [4.78, 5) is 15.4. The van der Waals surface area contributed by atoms with E-state index in [1.54, 1.807) is 37.4 Å². The summed E-state index contributed by atoms with van der Waals surface area (Å²) >= 11 is 6.14. The second-order valence-corrected chi connectivity index (χ2v) is 10.2. The summed E-state index contributed by atoms with van der Waals surface area (Å²) < 4.78 is 38.2. The van der Waals surface area contributed by atoms with E-state index in [1.165, 1.54) is 37.4 Å². The zero-order valence-corrected chi connectivity index (χ0v) is 24.1. The molecule has 3 N–H and O–H groups in total. The molecule has 0 spiro atoms. The van der Waals surface area contributed by atoms with Gasteiger partial charge in [0.1, 0.15) is 17.4 Å². The molecule has 40 heavy (non-hydrogen) atoms. The number of carbonyl (C=O) groups excluding carboxylic acids is 1. The summed E-state index contributed by atoms with van der Waals surface area (Å²) in [6.07, 6.45) is 2.23. The van der Waals surface area contributed by atoms with Crippen LogP contribution in [0.4, 0.5) is 14.5 Å². The molecule has 6 nitrogen and oxygen atoms in total. The normalized spacial score (nSPS) is 17.4. The minimum absolute atomic E-state index is 0. The van der Waals surface area contributed by atoms with Crippen LogP contribution in [0.15, 0.2) is 60.7 Å². The van der Waals surface area contributed by atoms with Gasteiger partial charge in [-0.1, -0.05) is 35.9 Å². The van der Waals surface area contributed by atoms with E-state index in [2.05, 4.69) is 10.2 Å². The van der Waals surface area contributed by atoms with E-state index in [9.17, 15) is 13.6 Å². The van der Waals surface area contributed by atoms with Crippen LogP contribution in [0, 0.1) is 11.6 Å². The third kappa shape index (κ3) is 7.85. The predicted molar refractivity (Wildman–Crippen MR) is 157 cm³/mol. The number of benzene rings is 3. The number of nitrogen functional groups attached to an aromatic ring is 1. The second-order valence-electron chi connectivity index (χ2n) is 9.82. The number of hydrogen-bond donors (Lipinski definition) is 2. The molecule has 1 aliphatic heterocycles. The summed E-state index contributed by atoms with van der Waals surface area (Å²) in [5.41, 5.74) is 8.50. The third-order valence-corrected chi connectivity index (χ3v) is 7.67. The van der Waals surface area contributed by atoms with Crippen LogP contribution in [0.25, 0.3) is 0 Å². The van der Waals surface area contributed by atoms with Crippen LogP contribution in [0.2, 0.25) is 5.02 Å². The summed E-state index contributed by atoms with van der Waals surface area (Å²) in [6, 6.07) is 15.9. The number of nitrogens with two attached hydrogens (primary N) is 1. The van der Waals surface area contributed by atoms with E-state index in [0.717, 1.165) is 37.1 Å². The Morgan fingerprint density at radius 2 is 1.68 bits per heavy atom. The van der Waals surface area contributed by atoms with Gasteiger partial charge in [-0.3, -0.25) is 4.79 Å². The number of likely N-dealkylation sites (tertiary alicyclic amines) is 1. The highest BCUT2D eigenvalue weighted by Crippen LogP contribution is 2.31. The van der Waals surface area contributed by atoms with Gasteiger partial charge in [-0.05, 0) is 67.3 Å². The van der Waals surface area contributed by atoms with Crippen molar-refractivity contribution >= 4 is 35.6 Å². The Kier molecular flexibility index (Phi) is 11.6. The number of rotatable bonds is 10. The Labute approximate surface area is 245 Å². The fourth-order valence-corrected chi connectivity index (χ4v) is 5.35. The molecule has 3 aromatic carbocycles. The molecule has 1 aliphatic rings. The number of amides is 1. The Morgan fingerprint density at radius 1 is 1.07 bits per heavy atom. The van der Waals surface area contributed by atoms with Gasteiger partial charge >= 0.3 is 0 Å². The van der Waals surface area contributed by atoms with E-state index in [4.69, 9.17) is 26.8 Å². The molecule has 3 aromatic rings. The lowest BCUT2D eigenvalue weighted by molar-refractivity contribution is 0.00593. The zero-order valence-electron chi connectivity index (χ0n) is 22.5. The summed E-state index contributed by atoms with van der Waals surface area (Å²) in [6.45, 7) is 2.29. The van der Waals surface area contributed by atoms with Crippen molar-refractivity contribution in [2.75, 3.05) is 39.6 Å². The number of anilines is 1. The number of nitrogens with zero attached hydrogens (tertiary/aromatic N) is 1. The molecule has 1 fully saturated rings. The maximum absolute atomic E-state index is 13.5. The average Bonchev–Trinajstić information content (AvgIpc) is 2.94. The van der Waals surface area contributed by atoms with E-state index in [1.807, 2.05) is 0 Å². The highest BCUT2D eigenvalue weighted by atomic mass is 35.5. The monoisotopic (exact) mass is 593 g/mol. The van der Waals surface area contributed by atoms with Crippen molar-refractivity contribution in [3.05, 3.63) is 94.0 Å². The minimum Gasteiger partial charge on any atom is -0.496 e. The first-order valence-electron chi connectivity index (χ1n) is 13.0. The second kappa shape index (κ2) is 14.6. The molecule has 216 valence electrons. The number of piperidine rings is 1. The van der Waals surface area contributed by atoms with Gasteiger partial charge in [0.15, 0.2) is 0 Å².